The van der Waals surface area contributed by atoms with Crippen LogP contribution in [0.4, 0.5) is 5.69 Å². The Morgan fingerprint density at radius 3 is 2.54 bits per heavy atom. The molecule has 1 amide bonds. The second kappa shape index (κ2) is 11.1. The van der Waals surface area contributed by atoms with Crippen LogP contribution >= 0.6 is 0 Å². The molecule has 8 heteroatoms. The third-order valence-corrected chi connectivity index (χ3v) is 5.26. The molecule has 1 aliphatic rings. The predicted octanol–water partition coefficient (Wildman–Crippen LogP) is 3.87. The van der Waals surface area contributed by atoms with Gasteiger partial charge in [-0.1, -0.05) is 30.3 Å². The Hall–Kier alpha value is -4.51. The van der Waals surface area contributed by atoms with Gasteiger partial charge in [-0.2, -0.15) is 5.26 Å². The Morgan fingerprint density at radius 2 is 1.83 bits per heavy atom. The second-order valence-corrected chi connectivity index (χ2v) is 7.73. The highest BCUT2D eigenvalue weighted by Gasteiger charge is 2.28. The zero-order valence-electron chi connectivity index (χ0n) is 19.2. The molecule has 178 valence electrons. The van der Waals surface area contributed by atoms with E-state index in [0.717, 1.165) is 5.56 Å². The molecule has 0 saturated carbocycles. The molecular weight excluding hydrogens is 448 g/mol. The van der Waals surface area contributed by atoms with Crippen LogP contribution in [0.1, 0.15) is 18.1 Å². The maximum atomic E-state index is 12.9. The number of fused-ring (bicyclic) bond motifs is 1. The minimum Gasteiger partial charge on any atom is -0.490 e. The lowest BCUT2D eigenvalue weighted by atomic mass is 10.1. The number of rotatable bonds is 7. The van der Waals surface area contributed by atoms with Gasteiger partial charge in [0.25, 0.3) is 0 Å². The summed E-state index contributed by atoms with van der Waals surface area (Å²) >= 11 is 0. The molecule has 0 bridgehead atoms. The number of nitrogens with zero attached hydrogens (tertiary/aromatic N) is 2. The molecule has 0 fully saturated rings. The zero-order valence-corrected chi connectivity index (χ0v) is 19.2. The Balaban J connectivity index is 1.47. The number of ether oxygens (including phenoxy) is 4. The first-order valence-corrected chi connectivity index (χ1v) is 11.2. The molecule has 1 heterocycles. The fourth-order valence-corrected chi connectivity index (χ4v) is 3.52. The first-order chi connectivity index (χ1) is 17.1. The number of hydrogen-bond acceptors (Lipinski definition) is 7. The highest BCUT2D eigenvalue weighted by molar-refractivity contribution is 6.38. The minimum absolute atomic E-state index is 0.108. The smallest absolute Gasteiger partial charge is 0.397 e. The van der Waals surface area contributed by atoms with Gasteiger partial charge < -0.3 is 18.9 Å². The number of anilines is 1. The lowest BCUT2D eigenvalue weighted by Gasteiger charge is -2.28. The molecule has 3 aromatic carbocycles. The average Bonchev–Trinajstić information content (AvgIpc) is 2.91. The van der Waals surface area contributed by atoms with Gasteiger partial charge in [-0.15, -0.1) is 0 Å². The molecule has 3 aromatic rings. The van der Waals surface area contributed by atoms with Crippen LogP contribution in [-0.2, 0) is 20.9 Å². The fourth-order valence-electron chi connectivity index (χ4n) is 3.52. The topological polar surface area (TPSA) is 98.1 Å². The fraction of sp³-hybridized carbons (Fsp3) is 0.222. The van der Waals surface area contributed by atoms with Crippen LogP contribution in [0.25, 0.3) is 0 Å². The third-order valence-electron chi connectivity index (χ3n) is 5.26. The minimum atomic E-state index is -0.918. The molecular formula is C27H24N2O6. The van der Waals surface area contributed by atoms with Crippen molar-refractivity contribution in [1.82, 2.24) is 0 Å². The Bertz CT molecular complexity index is 1220. The number of benzene rings is 3. The van der Waals surface area contributed by atoms with E-state index in [9.17, 15) is 9.59 Å². The Kier molecular flexibility index (Phi) is 7.48. The summed E-state index contributed by atoms with van der Waals surface area (Å²) in [4.78, 5) is 26.4. The maximum Gasteiger partial charge on any atom is 0.397 e. The van der Waals surface area contributed by atoms with Crippen molar-refractivity contribution in [3.05, 3.63) is 83.9 Å². The van der Waals surface area contributed by atoms with Crippen LogP contribution < -0.4 is 19.1 Å². The predicted molar refractivity (Wildman–Crippen MR) is 127 cm³/mol. The van der Waals surface area contributed by atoms with Gasteiger partial charge in [0.2, 0.25) is 0 Å². The van der Waals surface area contributed by atoms with Crippen LogP contribution in [0.15, 0.2) is 72.8 Å². The summed E-state index contributed by atoms with van der Waals surface area (Å²) in [6.07, 6.45) is -0.342. The normalized spacial score (nSPS) is 13.9. The number of esters is 1. The van der Waals surface area contributed by atoms with E-state index in [2.05, 4.69) is 6.07 Å². The molecule has 4 rings (SSSR count). The van der Waals surface area contributed by atoms with Crippen molar-refractivity contribution in [1.29, 1.82) is 5.26 Å². The zero-order chi connectivity index (χ0) is 24.6. The van der Waals surface area contributed by atoms with E-state index in [0.29, 0.717) is 28.5 Å². The van der Waals surface area contributed by atoms with E-state index >= 15 is 0 Å². The van der Waals surface area contributed by atoms with Crippen LogP contribution in [0.5, 0.6) is 17.2 Å². The molecule has 0 spiro atoms. The van der Waals surface area contributed by atoms with Gasteiger partial charge in [-0.25, -0.2) is 4.79 Å². The van der Waals surface area contributed by atoms with Gasteiger partial charge in [0, 0.05) is 11.8 Å². The molecule has 0 N–H and O–H groups in total. The third kappa shape index (κ3) is 5.89. The van der Waals surface area contributed by atoms with Gasteiger partial charge in [-0.05, 0) is 48.9 Å². The summed E-state index contributed by atoms with van der Waals surface area (Å²) in [6, 6.07) is 23.3. The molecule has 8 nitrogen and oxygen atoms in total. The largest absolute Gasteiger partial charge is 0.490 e. The van der Waals surface area contributed by atoms with E-state index in [1.54, 1.807) is 49.4 Å². The average molecular weight is 472 g/mol. The van der Waals surface area contributed by atoms with Gasteiger partial charge in [0.05, 0.1) is 24.8 Å². The number of hydrogen-bond donors (Lipinski definition) is 0. The van der Waals surface area contributed by atoms with Crippen molar-refractivity contribution in [2.45, 2.75) is 19.6 Å². The van der Waals surface area contributed by atoms with Crippen molar-refractivity contribution < 1.29 is 28.5 Å². The van der Waals surface area contributed by atoms with Gasteiger partial charge in [0.1, 0.15) is 19.0 Å². The Morgan fingerprint density at radius 1 is 1.06 bits per heavy atom. The summed E-state index contributed by atoms with van der Waals surface area (Å²) in [6.45, 7) is 2.46. The molecule has 0 radical (unpaired) electrons. The molecule has 1 atom stereocenters. The number of nitriles is 1. The highest BCUT2D eigenvalue weighted by Crippen LogP contribution is 2.36. The summed E-state index contributed by atoms with van der Waals surface area (Å²) < 4.78 is 22.6. The van der Waals surface area contributed by atoms with Crippen molar-refractivity contribution in [3.8, 4) is 23.3 Å². The maximum absolute atomic E-state index is 12.9. The summed E-state index contributed by atoms with van der Waals surface area (Å²) in [5.74, 6) is -0.0781. The van der Waals surface area contributed by atoms with Crippen molar-refractivity contribution >= 4 is 17.6 Å². The number of amides is 1. The monoisotopic (exact) mass is 472 g/mol. The molecule has 0 saturated heterocycles. The molecule has 0 aromatic heterocycles. The van der Waals surface area contributed by atoms with Crippen molar-refractivity contribution in [2.75, 3.05) is 24.7 Å². The first kappa shape index (κ1) is 23.6. The standard InChI is InChI=1S/C27H24N2O6/c1-2-32-27(31)26(30)29(16-20-6-4-3-5-7-20)21-10-13-24-25(14-21)34-18-23(35-24)17-33-22-11-8-19(15-28)9-12-22/h3-14,23H,2,16-18H2,1H3/t23-/m1/s1. The van der Waals surface area contributed by atoms with Crippen molar-refractivity contribution in [2.24, 2.45) is 0 Å². The van der Waals surface area contributed by atoms with Crippen LogP contribution in [0, 0.1) is 11.3 Å². The number of carbonyl (C=O) groups excluding carboxylic acids is 2. The van der Waals surface area contributed by atoms with Crippen LogP contribution in [0.3, 0.4) is 0 Å². The first-order valence-electron chi connectivity index (χ1n) is 11.2. The van der Waals surface area contributed by atoms with Crippen LogP contribution in [0.2, 0.25) is 0 Å². The SMILES string of the molecule is CCOC(=O)C(=O)N(Cc1ccccc1)c1ccc2c(c1)OC[C@@H](COc1ccc(C#N)cc1)O2. The van der Waals surface area contributed by atoms with E-state index in [4.69, 9.17) is 24.2 Å². The van der Waals surface area contributed by atoms with Gasteiger partial charge in [0.15, 0.2) is 17.6 Å². The quantitative estimate of drug-likeness (QED) is 0.380. The lowest BCUT2D eigenvalue weighted by molar-refractivity contribution is -0.153. The summed E-state index contributed by atoms with van der Waals surface area (Å²) in [7, 11) is 0. The summed E-state index contributed by atoms with van der Waals surface area (Å²) in [5, 5.41) is 8.89. The van der Waals surface area contributed by atoms with E-state index in [1.807, 2.05) is 30.3 Å². The van der Waals surface area contributed by atoms with E-state index in [-0.39, 0.29) is 32.5 Å². The molecule has 35 heavy (non-hydrogen) atoms. The molecule has 1 aliphatic heterocycles. The van der Waals surface area contributed by atoms with E-state index in [1.165, 1.54) is 4.90 Å². The Labute approximate surface area is 203 Å². The van der Waals surface area contributed by atoms with Gasteiger partial charge in [-0.3, -0.25) is 9.69 Å². The highest BCUT2D eigenvalue weighted by atomic mass is 16.6. The van der Waals surface area contributed by atoms with Gasteiger partial charge >= 0.3 is 11.9 Å². The van der Waals surface area contributed by atoms with Crippen LogP contribution in [-0.4, -0.2) is 37.8 Å². The summed E-state index contributed by atoms with van der Waals surface area (Å²) in [5.41, 5.74) is 1.91. The second-order valence-electron chi connectivity index (χ2n) is 7.73. The molecule has 0 unspecified atom stereocenters. The lowest BCUT2D eigenvalue weighted by Crippen LogP contribution is -2.38. The van der Waals surface area contributed by atoms with Crippen molar-refractivity contribution in [3.63, 3.8) is 0 Å². The molecule has 0 aliphatic carbocycles. The van der Waals surface area contributed by atoms with E-state index < -0.39 is 11.9 Å². The number of carbonyl (C=O) groups is 2.